The van der Waals surface area contributed by atoms with E-state index < -0.39 is 10.0 Å². The van der Waals surface area contributed by atoms with E-state index in [4.69, 9.17) is 4.74 Å². The van der Waals surface area contributed by atoms with Crippen LogP contribution in [0.15, 0.2) is 71.6 Å². The number of nitrogens with one attached hydrogen (secondary N) is 1. The van der Waals surface area contributed by atoms with Gasteiger partial charge in [-0.1, -0.05) is 18.2 Å². The third kappa shape index (κ3) is 3.41. The summed E-state index contributed by atoms with van der Waals surface area (Å²) in [7, 11) is -2.26. The number of para-hydroxylation sites is 1. The molecule has 4 aromatic rings. The van der Waals surface area contributed by atoms with Crippen LogP contribution in [-0.2, 0) is 10.0 Å². The van der Waals surface area contributed by atoms with Crippen molar-refractivity contribution >= 4 is 26.7 Å². The van der Waals surface area contributed by atoms with Gasteiger partial charge in [-0.05, 0) is 49.4 Å². The minimum absolute atomic E-state index is 0.130. The highest BCUT2D eigenvalue weighted by Crippen LogP contribution is 2.23. The Bertz CT molecular complexity index is 1250. The normalized spacial score (nSPS) is 11.5. The van der Waals surface area contributed by atoms with Crippen LogP contribution in [0.2, 0.25) is 0 Å². The van der Waals surface area contributed by atoms with E-state index in [1.54, 1.807) is 31.2 Å². The number of anilines is 1. The van der Waals surface area contributed by atoms with Crippen molar-refractivity contribution in [1.82, 2.24) is 14.8 Å². The zero-order valence-electron chi connectivity index (χ0n) is 15.3. The molecule has 0 bridgehead atoms. The van der Waals surface area contributed by atoms with Crippen molar-refractivity contribution in [3.63, 3.8) is 0 Å². The fourth-order valence-corrected chi connectivity index (χ4v) is 3.90. The Hall–Kier alpha value is -3.39. The van der Waals surface area contributed by atoms with Gasteiger partial charge in [0, 0.05) is 11.5 Å². The Balaban J connectivity index is 1.72. The molecule has 0 amide bonds. The van der Waals surface area contributed by atoms with Crippen molar-refractivity contribution in [2.45, 2.75) is 11.8 Å². The van der Waals surface area contributed by atoms with Gasteiger partial charge in [-0.2, -0.15) is 9.78 Å². The molecule has 7 nitrogen and oxygen atoms in total. The summed E-state index contributed by atoms with van der Waals surface area (Å²) in [6, 6.07) is 19.3. The number of rotatable bonds is 5. The van der Waals surface area contributed by atoms with E-state index in [-0.39, 0.29) is 4.90 Å². The smallest absolute Gasteiger partial charge is 0.263 e. The molecular weight excluding hydrogens is 376 g/mol. The predicted octanol–water partition coefficient (Wildman–Crippen LogP) is 3.54. The van der Waals surface area contributed by atoms with Crippen molar-refractivity contribution in [2.75, 3.05) is 11.8 Å². The highest BCUT2D eigenvalue weighted by molar-refractivity contribution is 7.92. The number of benzene rings is 2. The van der Waals surface area contributed by atoms with Crippen molar-refractivity contribution in [1.29, 1.82) is 0 Å². The van der Waals surface area contributed by atoms with E-state index in [2.05, 4.69) is 14.8 Å². The van der Waals surface area contributed by atoms with E-state index in [1.165, 1.54) is 23.9 Å². The molecule has 4 rings (SSSR count). The first kappa shape index (κ1) is 18.0. The number of hydrogen-bond acceptors (Lipinski definition) is 5. The van der Waals surface area contributed by atoms with Gasteiger partial charge >= 0.3 is 0 Å². The lowest BCUT2D eigenvalue weighted by atomic mass is 10.2. The van der Waals surface area contributed by atoms with Gasteiger partial charge in [-0.15, -0.1) is 0 Å². The van der Waals surface area contributed by atoms with Gasteiger partial charge in [0.1, 0.15) is 11.6 Å². The molecule has 142 valence electrons. The highest BCUT2D eigenvalue weighted by Gasteiger charge is 2.18. The molecule has 0 spiro atoms. The number of nitrogens with zero attached hydrogens (tertiary/aromatic N) is 3. The maximum atomic E-state index is 12.8. The second-order valence-electron chi connectivity index (χ2n) is 6.23. The third-order valence-electron chi connectivity index (χ3n) is 4.24. The number of sulfonamides is 1. The van der Waals surface area contributed by atoms with Gasteiger partial charge in [0.25, 0.3) is 10.0 Å². The monoisotopic (exact) mass is 394 g/mol. The van der Waals surface area contributed by atoms with Crippen LogP contribution in [-0.4, -0.2) is 30.3 Å². The van der Waals surface area contributed by atoms with Crippen LogP contribution in [0.1, 0.15) is 5.69 Å². The van der Waals surface area contributed by atoms with E-state index in [0.717, 1.165) is 10.9 Å². The average molecular weight is 394 g/mol. The summed E-state index contributed by atoms with van der Waals surface area (Å²) in [5.74, 6) is 1.43. The molecule has 8 heteroatoms. The van der Waals surface area contributed by atoms with Gasteiger partial charge in [0.15, 0.2) is 5.82 Å². The summed E-state index contributed by atoms with van der Waals surface area (Å²) in [5, 5.41) is 5.40. The molecule has 0 atom stereocenters. The van der Waals surface area contributed by atoms with Gasteiger partial charge < -0.3 is 4.74 Å². The standard InChI is InChI=1S/C20H18N4O3S/c1-14-13-20(23-28(25,26)17-10-8-16(27-2)9-11-17)24(22-14)19-12-7-15-5-3-4-6-18(15)21-19/h3-13,23H,1-2H3. The molecule has 28 heavy (non-hydrogen) atoms. The largest absolute Gasteiger partial charge is 0.497 e. The first-order valence-electron chi connectivity index (χ1n) is 8.56. The molecule has 1 N–H and O–H groups in total. The lowest BCUT2D eigenvalue weighted by Crippen LogP contribution is -2.16. The summed E-state index contributed by atoms with van der Waals surface area (Å²) >= 11 is 0. The van der Waals surface area contributed by atoms with Gasteiger partial charge in [0.2, 0.25) is 0 Å². The Morgan fingerprint density at radius 3 is 2.50 bits per heavy atom. The van der Waals surface area contributed by atoms with Crippen LogP contribution in [0, 0.1) is 6.92 Å². The zero-order chi connectivity index (χ0) is 19.7. The summed E-state index contributed by atoms with van der Waals surface area (Å²) in [4.78, 5) is 4.72. The van der Waals surface area contributed by atoms with Crippen molar-refractivity contribution in [2.24, 2.45) is 0 Å². The quantitative estimate of drug-likeness (QED) is 0.560. The Labute approximate surface area is 162 Å². The number of aromatic nitrogens is 3. The van der Waals surface area contributed by atoms with Gasteiger partial charge in [-0.3, -0.25) is 4.72 Å². The van der Waals surface area contributed by atoms with Crippen LogP contribution < -0.4 is 9.46 Å². The van der Waals surface area contributed by atoms with Crippen molar-refractivity contribution in [3.05, 3.63) is 72.4 Å². The Morgan fingerprint density at radius 2 is 1.75 bits per heavy atom. The number of methoxy groups -OCH3 is 1. The number of fused-ring (bicyclic) bond motifs is 1. The Morgan fingerprint density at radius 1 is 1.00 bits per heavy atom. The van der Waals surface area contributed by atoms with Crippen LogP contribution in [0.5, 0.6) is 5.75 Å². The molecule has 2 aromatic carbocycles. The summed E-state index contributed by atoms with van der Waals surface area (Å²) in [6.45, 7) is 1.79. The summed E-state index contributed by atoms with van der Waals surface area (Å²) in [5.41, 5.74) is 1.47. The lowest BCUT2D eigenvalue weighted by Gasteiger charge is -2.11. The van der Waals surface area contributed by atoms with E-state index in [0.29, 0.717) is 23.1 Å². The lowest BCUT2D eigenvalue weighted by molar-refractivity contribution is 0.414. The molecular formula is C20H18N4O3S. The highest BCUT2D eigenvalue weighted by atomic mass is 32.2. The SMILES string of the molecule is COc1ccc(S(=O)(=O)Nc2cc(C)nn2-c2ccc3ccccc3n2)cc1. The molecule has 0 aliphatic heterocycles. The molecule has 2 aromatic heterocycles. The first-order valence-corrected chi connectivity index (χ1v) is 10.0. The predicted molar refractivity (Wildman–Crippen MR) is 107 cm³/mol. The molecule has 0 aliphatic rings. The zero-order valence-corrected chi connectivity index (χ0v) is 16.1. The van der Waals surface area contributed by atoms with Crippen LogP contribution >= 0.6 is 0 Å². The third-order valence-corrected chi connectivity index (χ3v) is 5.61. The van der Waals surface area contributed by atoms with E-state index >= 15 is 0 Å². The number of hydrogen-bond donors (Lipinski definition) is 1. The summed E-state index contributed by atoms with van der Waals surface area (Å²) in [6.07, 6.45) is 0. The molecule has 0 radical (unpaired) electrons. The molecule has 0 fully saturated rings. The molecule has 2 heterocycles. The second kappa shape index (κ2) is 6.97. The fraction of sp³-hybridized carbons (Fsp3) is 0.100. The minimum Gasteiger partial charge on any atom is -0.497 e. The van der Waals surface area contributed by atoms with Gasteiger partial charge in [-0.25, -0.2) is 13.4 Å². The molecule has 0 aliphatic carbocycles. The van der Waals surface area contributed by atoms with Crippen molar-refractivity contribution in [3.8, 4) is 11.6 Å². The fourth-order valence-electron chi connectivity index (χ4n) is 2.87. The van der Waals surface area contributed by atoms with E-state index in [9.17, 15) is 8.42 Å². The molecule has 0 saturated carbocycles. The molecule has 0 saturated heterocycles. The van der Waals surface area contributed by atoms with Crippen molar-refractivity contribution < 1.29 is 13.2 Å². The minimum atomic E-state index is -3.79. The first-order chi connectivity index (χ1) is 13.5. The molecule has 0 unspecified atom stereocenters. The van der Waals surface area contributed by atoms with E-state index in [1.807, 2.05) is 30.3 Å². The van der Waals surface area contributed by atoms with Crippen LogP contribution in [0.25, 0.3) is 16.7 Å². The average Bonchev–Trinajstić information content (AvgIpc) is 3.07. The number of aryl methyl sites for hydroxylation is 1. The summed E-state index contributed by atoms with van der Waals surface area (Å²) < 4.78 is 34.8. The number of ether oxygens (including phenoxy) is 1. The second-order valence-corrected chi connectivity index (χ2v) is 7.91. The van der Waals surface area contributed by atoms with Gasteiger partial charge in [0.05, 0.1) is 23.2 Å². The maximum Gasteiger partial charge on any atom is 0.263 e. The maximum absolute atomic E-state index is 12.8. The van der Waals surface area contributed by atoms with Crippen LogP contribution in [0.4, 0.5) is 5.82 Å². The Kier molecular flexibility index (Phi) is 4.48. The topological polar surface area (TPSA) is 86.1 Å². The number of pyridine rings is 1. The van der Waals surface area contributed by atoms with Crippen LogP contribution in [0.3, 0.4) is 0 Å².